The Morgan fingerprint density at radius 1 is 0.793 bits per heavy atom. The fraction of sp³-hybridized carbons (Fsp3) is 0.364. The summed E-state index contributed by atoms with van der Waals surface area (Å²) in [5.74, 6) is -0.484. The molecule has 29 heavy (non-hydrogen) atoms. The van der Waals surface area contributed by atoms with E-state index in [9.17, 15) is 9.59 Å². The Kier molecular flexibility index (Phi) is 4.85. The van der Waals surface area contributed by atoms with Gasteiger partial charge in [-0.1, -0.05) is 6.07 Å². The maximum absolute atomic E-state index is 13.4. The number of amides is 2. The van der Waals surface area contributed by atoms with Crippen molar-refractivity contribution < 1.29 is 14.3 Å². The zero-order chi connectivity index (χ0) is 19.8. The average molecular weight is 410 g/mol. The molecular weight excluding hydrogens is 386 g/mol. The second-order valence-electron chi connectivity index (χ2n) is 7.46. The van der Waals surface area contributed by atoms with Crippen molar-refractivity contribution in [1.82, 2.24) is 4.90 Å². The van der Waals surface area contributed by atoms with E-state index >= 15 is 0 Å². The third kappa shape index (κ3) is 3.24. The number of nitrogens with zero attached hydrogens (tertiary/aromatic N) is 3. The van der Waals surface area contributed by atoms with Crippen LogP contribution in [0.2, 0.25) is 0 Å². The molecule has 150 valence electrons. The van der Waals surface area contributed by atoms with E-state index < -0.39 is 0 Å². The summed E-state index contributed by atoms with van der Waals surface area (Å²) in [5, 5.41) is 1.94. The van der Waals surface area contributed by atoms with Crippen LogP contribution in [0.15, 0.2) is 47.5 Å². The zero-order valence-corrected chi connectivity index (χ0v) is 17.0. The van der Waals surface area contributed by atoms with Crippen LogP contribution in [0.5, 0.6) is 0 Å². The van der Waals surface area contributed by atoms with Crippen molar-refractivity contribution in [1.29, 1.82) is 0 Å². The fourth-order valence-electron chi connectivity index (χ4n) is 4.26. The van der Waals surface area contributed by atoms with E-state index in [2.05, 4.69) is 4.90 Å². The summed E-state index contributed by atoms with van der Waals surface area (Å²) in [6, 6.07) is 11.6. The molecule has 0 saturated carbocycles. The first-order chi connectivity index (χ1) is 14.2. The van der Waals surface area contributed by atoms with Crippen LogP contribution in [0.1, 0.15) is 17.7 Å². The quantitative estimate of drug-likeness (QED) is 0.727. The van der Waals surface area contributed by atoms with Crippen LogP contribution in [0.25, 0.3) is 5.57 Å². The Hall–Kier alpha value is -2.64. The molecule has 2 amide bonds. The minimum atomic E-state index is -0.243. The normalized spacial score (nSPS) is 20.3. The average Bonchev–Trinajstić information content (AvgIpc) is 3.50. The molecule has 5 rings (SSSR count). The van der Waals surface area contributed by atoms with Crippen LogP contribution in [-0.4, -0.2) is 56.1 Å². The molecule has 0 bridgehead atoms. The highest BCUT2D eigenvalue weighted by Crippen LogP contribution is 2.37. The summed E-state index contributed by atoms with van der Waals surface area (Å²) in [5.41, 5.74) is 2.78. The lowest BCUT2D eigenvalue weighted by molar-refractivity contribution is -0.121. The van der Waals surface area contributed by atoms with Gasteiger partial charge in [0.2, 0.25) is 0 Å². The standard InChI is InChI=1S/C22H23N3O3S/c26-21-19(18-4-3-15-29-18)20(24-11-13-28-14-12-24)22(27)25(21)17-7-5-16(6-8-17)23-9-1-2-10-23/h3-8,15H,1-2,9-14H2. The number of rotatable bonds is 4. The summed E-state index contributed by atoms with van der Waals surface area (Å²) < 4.78 is 5.44. The van der Waals surface area contributed by atoms with Crippen LogP contribution in [0.4, 0.5) is 11.4 Å². The number of benzene rings is 1. The molecule has 2 aromatic rings. The van der Waals surface area contributed by atoms with Crippen molar-refractivity contribution in [3.63, 3.8) is 0 Å². The SMILES string of the molecule is O=C1C(c2cccs2)=C(N2CCOCC2)C(=O)N1c1ccc(N2CCCC2)cc1. The molecule has 1 aromatic carbocycles. The second kappa shape index (κ2) is 7.65. The van der Waals surface area contributed by atoms with Crippen LogP contribution in [-0.2, 0) is 14.3 Å². The zero-order valence-electron chi connectivity index (χ0n) is 16.2. The van der Waals surface area contributed by atoms with Gasteiger partial charge < -0.3 is 14.5 Å². The summed E-state index contributed by atoms with van der Waals surface area (Å²) in [6.07, 6.45) is 2.42. The number of thiophene rings is 1. The number of anilines is 2. The third-order valence-electron chi connectivity index (χ3n) is 5.73. The number of ether oxygens (including phenoxy) is 1. The maximum Gasteiger partial charge on any atom is 0.282 e. The van der Waals surface area contributed by atoms with Crippen LogP contribution in [0, 0.1) is 0 Å². The molecule has 0 atom stereocenters. The molecule has 2 fully saturated rings. The predicted molar refractivity (Wildman–Crippen MR) is 114 cm³/mol. The molecule has 0 N–H and O–H groups in total. The number of carbonyl (C=O) groups is 2. The lowest BCUT2D eigenvalue weighted by Crippen LogP contribution is -2.40. The van der Waals surface area contributed by atoms with E-state index in [-0.39, 0.29) is 11.8 Å². The third-order valence-corrected chi connectivity index (χ3v) is 6.62. The summed E-state index contributed by atoms with van der Waals surface area (Å²) in [7, 11) is 0. The number of imide groups is 1. The lowest BCUT2D eigenvalue weighted by Gasteiger charge is -2.29. The smallest absolute Gasteiger partial charge is 0.282 e. The molecule has 3 aliphatic heterocycles. The second-order valence-corrected chi connectivity index (χ2v) is 8.40. The van der Waals surface area contributed by atoms with Crippen molar-refractivity contribution >= 4 is 40.1 Å². The summed E-state index contributed by atoms with van der Waals surface area (Å²) in [4.78, 5) is 33.3. The first-order valence-corrected chi connectivity index (χ1v) is 11.0. The highest BCUT2D eigenvalue weighted by Gasteiger charge is 2.43. The molecule has 0 aliphatic carbocycles. The first kappa shape index (κ1) is 18.4. The van der Waals surface area contributed by atoms with Crippen LogP contribution >= 0.6 is 11.3 Å². The van der Waals surface area contributed by atoms with Gasteiger partial charge in [-0.3, -0.25) is 9.59 Å². The Labute approximate surface area is 174 Å². The molecule has 6 nitrogen and oxygen atoms in total. The predicted octanol–water partition coefficient (Wildman–Crippen LogP) is 2.97. The van der Waals surface area contributed by atoms with Gasteiger partial charge in [0.05, 0.1) is 24.5 Å². The minimum Gasteiger partial charge on any atom is -0.378 e. The van der Waals surface area contributed by atoms with Crippen LogP contribution < -0.4 is 9.80 Å². The van der Waals surface area contributed by atoms with E-state index in [1.165, 1.54) is 29.1 Å². The molecule has 7 heteroatoms. The largest absolute Gasteiger partial charge is 0.378 e. The summed E-state index contributed by atoms with van der Waals surface area (Å²) >= 11 is 1.49. The Morgan fingerprint density at radius 2 is 1.48 bits per heavy atom. The van der Waals surface area contributed by atoms with E-state index in [1.807, 2.05) is 46.7 Å². The van der Waals surface area contributed by atoms with Gasteiger partial charge in [0.25, 0.3) is 11.8 Å². The topological polar surface area (TPSA) is 53.1 Å². The molecule has 0 spiro atoms. The molecule has 3 aliphatic rings. The van der Waals surface area contributed by atoms with Crippen molar-refractivity contribution in [3.05, 3.63) is 52.4 Å². The van der Waals surface area contributed by atoms with E-state index in [0.29, 0.717) is 43.3 Å². The molecule has 1 aromatic heterocycles. The first-order valence-electron chi connectivity index (χ1n) is 10.1. The monoisotopic (exact) mass is 409 g/mol. The maximum atomic E-state index is 13.4. The molecule has 4 heterocycles. The highest BCUT2D eigenvalue weighted by molar-refractivity contribution is 7.11. The molecule has 0 radical (unpaired) electrons. The Balaban J connectivity index is 1.49. The lowest BCUT2D eigenvalue weighted by atomic mass is 10.1. The molecule has 0 unspecified atom stereocenters. The van der Waals surface area contributed by atoms with Gasteiger partial charge in [0.1, 0.15) is 5.70 Å². The number of morpholine rings is 1. The minimum absolute atomic E-state index is 0.241. The van der Waals surface area contributed by atoms with Crippen LogP contribution in [0.3, 0.4) is 0 Å². The van der Waals surface area contributed by atoms with Gasteiger partial charge in [-0.05, 0) is 48.6 Å². The van der Waals surface area contributed by atoms with Gasteiger partial charge in [-0.15, -0.1) is 11.3 Å². The summed E-state index contributed by atoms with van der Waals surface area (Å²) in [6.45, 7) is 4.48. The van der Waals surface area contributed by atoms with Gasteiger partial charge in [0.15, 0.2) is 0 Å². The van der Waals surface area contributed by atoms with Gasteiger partial charge in [-0.25, -0.2) is 4.90 Å². The van der Waals surface area contributed by atoms with Crippen molar-refractivity contribution in [2.45, 2.75) is 12.8 Å². The Bertz CT molecular complexity index is 940. The molecule has 2 saturated heterocycles. The molecular formula is C22H23N3O3S. The van der Waals surface area contributed by atoms with Crippen molar-refractivity contribution in [3.8, 4) is 0 Å². The van der Waals surface area contributed by atoms with Gasteiger partial charge in [0, 0.05) is 36.7 Å². The highest BCUT2D eigenvalue weighted by atomic mass is 32.1. The van der Waals surface area contributed by atoms with Crippen molar-refractivity contribution in [2.24, 2.45) is 0 Å². The fourth-order valence-corrected chi connectivity index (χ4v) is 5.03. The number of hydrogen-bond acceptors (Lipinski definition) is 6. The number of hydrogen-bond donors (Lipinski definition) is 0. The van der Waals surface area contributed by atoms with Gasteiger partial charge in [-0.2, -0.15) is 0 Å². The van der Waals surface area contributed by atoms with E-state index in [0.717, 1.165) is 23.7 Å². The Morgan fingerprint density at radius 3 is 2.14 bits per heavy atom. The van der Waals surface area contributed by atoms with E-state index in [4.69, 9.17) is 4.74 Å². The number of carbonyl (C=O) groups excluding carboxylic acids is 2. The van der Waals surface area contributed by atoms with Crippen molar-refractivity contribution in [2.75, 3.05) is 49.2 Å². The van der Waals surface area contributed by atoms with E-state index in [1.54, 1.807) is 0 Å². The van der Waals surface area contributed by atoms with Gasteiger partial charge >= 0.3 is 0 Å².